The largest absolute Gasteiger partial charge is 0.466 e. The van der Waals surface area contributed by atoms with E-state index in [1.807, 2.05) is 20.8 Å². The molecule has 1 rings (SSSR count). The molecule has 0 aromatic carbocycles. The molecule has 0 spiro atoms. The highest BCUT2D eigenvalue weighted by Crippen LogP contribution is 2.18. The van der Waals surface area contributed by atoms with Crippen molar-refractivity contribution >= 4 is 11.9 Å². The Morgan fingerprint density at radius 2 is 1.83 bits per heavy atom. The van der Waals surface area contributed by atoms with Crippen LogP contribution in [0.1, 0.15) is 40.5 Å². The number of carbonyl (C=O) groups is 2. The quantitative estimate of drug-likeness (QED) is 0.633. The van der Waals surface area contributed by atoms with E-state index in [0.29, 0.717) is 19.7 Å². The van der Waals surface area contributed by atoms with E-state index in [2.05, 4.69) is 4.90 Å². The molecule has 23 heavy (non-hydrogen) atoms. The Balaban J connectivity index is 2.46. The molecule has 1 aliphatic heterocycles. The molecule has 0 atom stereocenters. The van der Waals surface area contributed by atoms with Gasteiger partial charge in [0.15, 0.2) is 0 Å². The van der Waals surface area contributed by atoms with Crippen molar-refractivity contribution in [3.05, 3.63) is 0 Å². The average Bonchev–Trinajstić information content (AvgIpc) is 2.50. The van der Waals surface area contributed by atoms with Gasteiger partial charge in [0.1, 0.15) is 0 Å². The zero-order valence-electron chi connectivity index (χ0n) is 15.1. The molecule has 1 fully saturated rings. The van der Waals surface area contributed by atoms with Crippen LogP contribution in [0.4, 0.5) is 0 Å². The number of carbonyl (C=O) groups excluding carboxylic acids is 2. The van der Waals surface area contributed by atoms with E-state index in [-0.39, 0.29) is 18.3 Å². The third-order valence-corrected chi connectivity index (χ3v) is 3.83. The summed E-state index contributed by atoms with van der Waals surface area (Å²) < 4.78 is 10.3. The molecule has 0 aliphatic carbocycles. The van der Waals surface area contributed by atoms with Gasteiger partial charge in [-0.25, -0.2) is 0 Å². The van der Waals surface area contributed by atoms with Crippen LogP contribution in [0, 0.1) is 5.41 Å². The molecule has 0 aromatic heterocycles. The molecule has 1 heterocycles. The first-order chi connectivity index (χ1) is 10.8. The fourth-order valence-corrected chi connectivity index (χ4v) is 2.56. The SMILES string of the molecule is CCOC(=O)CCN(CCCN1CCOCC1)C(=O)C(C)(C)C. The number of hydrogen-bond donors (Lipinski definition) is 0. The minimum atomic E-state index is -0.437. The molecule has 0 unspecified atom stereocenters. The molecule has 1 saturated heterocycles. The summed E-state index contributed by atoms with van der Waals surface area (Å²) in [5.74, 6) is -0.156. The zero-order chi connectivity index (χ0) is 17.3. The van der Waals surface area contributed by atoms with Crippen molar-refractivity contribution in [3.63, 3.8) is 0 Å². The Kier molecular flexibility index (Phi) is 8.55. The van der Waals surface area contributed by atoms with E-state index in [9.17, 15) is 9.59 Å². The van der Waals surface area contributed by atoms with Crippen LogP contribution in [0.2, 0.25) is 0 Å². The van der Waals surface area contributed by atoms with Crippen LogP contribution in [0.25, 0.3) is 0 Å². The highest BCUT2D eigenvalue weighted by molar-refractivity contribution is 5.82. The van der Waals surface area contributed by atoms with Gasteiger partial charge in [0.25, 0.3) is 0 Å². The number of rotatable bonds is 8. The molecule has 134 valence electrons. The maximum atomic E-state index is 12.6. The Morgan fingerprint density at radius 3 is 2.39 bits per heavy atom. The minimum Gasteiger partial charge on any atom is -0.466 e. The lowest BCUT2D eigenvalue weighted by Crippen LogP contribution is -2.43. The van der Waals surface area contributed by atoms with Crippen LogP contribution in [-0.4, -0.2) is 74.2 Å². The molecule has 0 N–H and O–H groups in total. The van der Waals surface area contributed by atoms with Crippen molar-refractivity contribution in [1.29, 1.82) is 0 Å². The topological polar surface area (TPSA) is 59.1 Å². The van der Waals surface area contributed by atoms with Gasteiger partial charge in [0.05, 0.1) is 26.2 Å². The Morgan fingerprint density at radius 1 is 1.17 bits per heavy atom. The normalized spacial score (nSPS) is 16.2. The van der Waals surface area contributed by atoms with Crippen molar-refractivity contribution in [2.75, 3.05) is 52.5 Å². The summed E-state index contributed by atoms with van der Waals surface area (Å²) in [4.78, 5) is 28.3. The summed E-state index contributed by atoms with van der Waals surface area (Å²) in [7, 11) is 0. The molecular weight excluding hydrogens is 296 g/mol. The number of morpholine rings is 1. The smallest absolute Gasteiger partial charge is 0.307 e. The maximum Gasteiger partial charge on any atom is 0.307 e. The molecule has 0 radical (unpaired) electrons. The van der Waals surface area contributed by atoms with Gasteiger partial charge in [-0.3, -0.25) is 14.5 Å². The summed E-state index contributed by atoms with van der Waals surface area (Å²) in [5.41, 5.74) is -0.437. The Hall–Kier alpha value is -1.14. The van der Waals surface area contributed by atoms with E-state index in [1.165, 1.54) is 0 Å². The number of esters is 1. The van der Waals surface area contributed by atoms with Gasteiger partial charge in [0, 0.05) is 38.1 Å². The summed E-state index contributed by atoms with van der Waals surface area (Å²) >= 11 is 0. The molecule has 6 heteroatoms. The second-order valence-corrected chi connectivity index (χ2v) is 6.90. The van der Waals surface area contributed by atoms with Crippen LogP contribution < -0.4 is 0 Å². The van der Waals surface area contributed by atoms with Gasteiger partial charge < -0.3 is 14.4 Å². The van der Waals surface area contributed by atoms with Crippen molar-refractivity contribution in [3.8, 4) is 0 Å². The van der Waals surface area contributed by atoms with Crippen molar-refractivity contribution < 1.29 is 19.1 Å². The third-order valence-electron chi connectivity index (χ3n) is 3.83. The van der Waals surface area contributed by atoms with E-state index >= 15 is 0 Å². The molecule has 0 aromatic rings. The first-order valence-electron chi connectivity index (χ1n) is 8.59. The number of hydrogen-bond acceptors (Lipinski definition) is 5. The van der Waals surface area contributed by atoms with Gasteiger partial charge in [-0.2, -0.15) is 0 Å². The van der Waals surface area contributed by atoms with Gasteiger partial charge in [0.2, 0.25) is 5.91 Å². The standard InChI is InChI=1S/C17H32N2O4/c1-5-23-15(20)7-10-19(16(21)17(2,3)4)9-6-8-18-11-13-22-14-12-18/h5-14H2,1-4H3. The van der Waals surface area contributed by atoms with E-state index in [1.54, 1.807) is 11.8 Å². The fraction of sp³-hybridized carbons (Fsp3) is 0.882. The van der Waals surface area contributed by atoms with Crippen LogP contribution in [0.15, 0.2) is 0 Å². The van der Waals surface area contributed by atoms with Gasteiger partial charge in [-0.1, -0.05) is 20.8 Å². The zero-order valence-corrected chi connectivity index (χ0v) is 15.1. The highest BCUT2D eigenvalue weighted by atomic mass is 16.5. The van der Waals surface area contributed by atoms with Crippen molar-refractivity contribution in [1.82, 2.24) is 9.80 Å². The fourth-order valence-electron chi connectivity index (χ4n) is 2.56. The van der Waals surface area contributed by atoms with Crippen molar-refractivity contribution in [2.24, 2.45) is 5.41 Å². The summed E-state index contributed by atoms with van der Waals surface area (Å²) in [5, 5.41) is 0. The second-order valence-electron chi connectivity index (χ2n) is 6.90. The predicted octanol–water partition coefficient (Wildman–Crippen LogP) is 1.54. The lowest BCUT2D eigenvalue weighted by atomic mass is 9.94. The van der Waals surface area contributed by atoms with Crippen molar-refractivity contribution in [2.45, 2.75) is 40.5 Å². The maximum absolute atomic E-state index is 12.6. The number of amides is 1. The minimum absolute atomic E-state index is 0.0868. The van der Waals surface area contributed by atoms with Gasteiger partial charge in [-0.15, -0.1) is 0 Å². The molecule has 0 saturated carbocycles. The van der Waals surface area contributed by atoms with Gasteiger partial charge >= 0.3 is 5.97 Å². The predicted molar refractivity (Wildman–Crippen MR) is 89.2 cm³/mol. The molecule has 6 nitrogen and oxygen atoms in total. The average molecular weight is 328 g/mol. The number of ether oxygens (including phenoxy) is 2. The second kappa shape index (κ2) is 9.88. The molecule has 1 aliphatic rings. The van der Waals surface area contributed by atoms with Crippen LogP contribution >= 0.6 is 0 Å². The Labute approximate surface area is 140 Å². The van der Waals surface area contributed by atoms with E-state index < -0.39 is 5.41 Å². The van der Waals surface area contributed by atoms with Crippen LogP contribution in [0.3, 0.4) is 0 Å². The number of nitrogens with zero attached hydrogens (tertiary/aromatic N) is 2. The third kappa shape index (κ3) is 7.79. The summed E-state index contributed by atoms with van der Waals surface area (Å²) in [6, 6.07) is 0. The summed E-state index contributed by atoms with van der Waals surface area (Å²) in [6.07, 6.45) is 1.16. The molecule has 1 amide bonds. The van der Waals surface area contributed by atoms with E-state index in [4.69, 9.17) is 9.47 Å². The van der Waals surface area contributed by atoms with Crippen LogP contribution in [-0.2, 0) is 19.1 Å². The lowest BCUT2D eigenvalue weighted by molar-refractivity contribution is -0.145. The van der Waals surface area contributed by atoms with E-state index in [0.717, 1.165) is 39.3 Å². The highest BCUT2D eigenvalue weighted by Gasteiger charge is 2.27. The first-order valence-corrected chi connectivity index (χ1v) is 8.59. The molecule has 0 bridgehead atoms. The first kappa shape index (κ1) is 19.9. The Bertz CT molecular complexity index is 373. The van der Waals surface area contributed by atoms with Crippen LogP contribution in [0.5, 0.6) is 0 Å². The monoisotopic (exact) mass is 328 g/mol. The lowest BCUT2D eigenvalue weighted by Gasteiger charge is -2.31. The van der Waals surface area contributed by atoms with Gasteiger partial charge in [-0.05, 0) is 13.3 Å². The summed E-state index contributed by atoms with van der Waals surface area (Å²) in [6.45, 7) is 13.4. The molecular formula is C17H32N2O4.